The Morgan fingerprint density at radius 1 is 1.02 bits per heavy atom. The van der Waals surface area contributed by atoms with Crippen molar-refractivity contribution in [2.24, 2.45) is 4.99 Å². The highest BCUT2D eigenvalue weighted by Crippen LogP contribution is 2.33. The first-order valence-electron chi connectivity index (χ1n) is 13.6. The van der Waals surface area contributed by atoms with Crippen LogP contribution in [0.4, 0.5) is 22.0 Å². The lowest BCUT2D eigenvalue weighted by Gasteiger charge is -2.37. The van der Waals surface area contributed by atoms with Crippen LogP contribution in [0.25, 0.3) is 16.6 Å². The largest absolute Gasteiger partial charge is 0.464 e. The first kappa shape index (κ1) is 26.3. The Morgan fingerprint density at radius 3 is 2.70 bits per heavy atom. The second kappa shape index (κ2) is 10.7. The quantitative estimate of drug-likeness (QED) is 0.229. The number of nitrogens with one attached hydrogen (secondary N) is 3. The van der Waals surface area contributed by atoms with Crippen molar-refractivity contribution < 1.29 is 19.4 Å². The van der Waals surface area contributed by atoms with E-state index >= 15 is 0 Å². The number of carbonyl (C=O) groups is 1. The number of hydrogen-bond donors (Lipinski definition) is 4. The SMILES string of the molecule is Cc1cc(Nc2ncnc3ccc(NC4=NCC5(CCN(NC(=O)O)CC5)O4)cc23)ccc1Oc1cc2nncn2cn1. The summed E-state index contributed by atoms with van der Waals surface area (Å²) in [6.45, 7) is 3.58. The van der Waals surface area contributed by atoms with E-state index in [0.29, 0.717) is 61.6 Å². The lowest BCUT2D eigenvalue weighted by molar-refractivity contribution is -0.000167. The maximum Gasteiger partial charge on any atom is 0.419 e. The van der Waals surface area contributed by atoms with Crippen LogP contribution in [0.2, 0.25) is 0 Å². The summed E-state index contributed by atoms with van der Waals surface area (Å²) in [7, 11) is 0. The summed E-state index contributed by atoms with van der Waals surface area (Å²) in [5.74, 6) is 1.73. The number of fused-ring (bicyclic) bond motifs is 2. The Labute approximate surface area is 244 Å². The third-order valence-electron chi connectivity index (χ3n) is 7.45. The minimum absolute atomic E-state index is 0.425. The number of benzene rings is 2. The molecule has 0 aliphatic carbocycles. The lowest BCUT2D eigenvalue weighted by Crippen LogP contribution is -2.52. The van der Waals surface area contributed by atoms with Gasteiger partial charge in [0.2, 0.25) is 5.88 Å². The number of carboxylic acid groups (broad SMARTS) is 1. The van der Waals surface area contributed by atoms with Gasteiger partial charge in [0.1, 0.15) is 36.2 Å². The molecule has 0 atom stereocenters. The van der Waals surface area contributed by atoms with Gasteiger partial charge in [-0.05, 0) is 48.9 Å². The summed E-state index contributed by atoms with van der Waals surface area (Å²) in [6.07, 6.45) is 4.97. The zero-order valence-electron chi connectivity index (χ0n) is 23.1. The van der Waals surface area contributed by atoms with Crippen LogP contribution in [0.5, 0.6) is 11.6 Å². The fourth-order valence-corrected chi connectivity index (χ4v) is 5.19. The molecule has 0 saturated carbocycles. The summed E-state index contributed by atoms with van der Waals surface area (Å²) < 4.78 is 13.9. The zero-order valence-corrected chi connectivity index (χ0v) is 23.1. The van der Waals surface area contributed by atoms with E-state index in [1.165, 1.54) is 6.33 Å². The summed E-state index contributed by atoms with van der Waals surface area (Å²) in [5.41, 5.74) is 5.92. The van der Waals surface area contributed by atoms with Gasteiger partial charge in [-0.25, -0.2) is 29.7 Å². The molecule has 2 aliphatic rings. The molecule has 5 heterocycles. The van der Waals surface area contributed by atoms with E-state index in [1.54, 1.807) is 28.1 Å². The maximum atomic E-state index is 10.9. The van der Waals surface area contributed by atoms with Gasteiger partial charge in [0.05, 0.1) is 12.1 Å². The van der Waals surface area contributed by atoms with Crippen molar-refractivity contribution in [2.45, 2.75) is 25.4 Å². The molecular weight excluding hydrogens is 554 g/mol. The molecule has 1 spiro atoms. The number of hydrogen-bond acceptors (Lipinski definition) is 12. The maximum absolute atomic E-state index is 10.9. The Hall–Kier alpha value is -5.57. The molecule has 1 saturated heterocycles. The highest BCUT2D eigenvalue weighted by molar-refractivity contribution is 5.97. The third kappa shape index (κ3) is 5.52. The number of aliphatic imine (C=N–C) groups is 1. The number of aromatic nitrogens is 6. The molecule has 218 valence electrons. The Bertz CT molecular complexity index is 1870. The van der Waals surface area contributed by atoms with Crippen LogP contribution in [0, 0.1) is 6.92 Å². The molecule has 7 rings (SSSR count). The normalized spacial score (nSPS) is 16.2. The molecule has 4 N–H and O–H groups in total. The number of amides is 1. The molecule has 3 aromatic heterocycles. The second-order valence-electron chi connectivity index (χ2n) is 10.4. The molecule has 1 fully saturated rings. The highest BCUT2D eigenvalue weighted by Gasteiger charge is 2.41. The van der Waals surface area contributed by atoms with Crippen molar-refractivity contribution in [3.63, 3.8) is 0 Å². The van der Waals surface area contributed by atoms with Crippen molar-refractivity contribution in [3.8, 4) is 11.6 Å². The summed E-state index contributed by atoms with van der Waals surface area (Å²) >= 11 is 0. The van der Waals surface area contributed by atoms with Gasteiger partial charge in [0.25, 0.3) is 6.02 Å². The topological polar surface area (TPSA) is 176 Å². The monoisotopic (exact) mass is 581 g/mol. The number of nitrogens with zero attached hydrogens (tertiary/aromatic N) is 8. The fourth-order valence-electron chi connectivity index (χ4n) is 5.19. The van der Waals surface area contributed by atoms with E-state index in [4.69, 9.17) is 14.6 Å². The molecule has 15 heteroatoms. The van der Waals surface area contributed by atoms with Gasteiger partial charge in [-0.3, -0.25) is 9.83 Å². The fraction of sp³-hybridized carbons (Fsp3) is 0.250. The Kier molecular flexibility index (Phi) is 6.54. The number of piperidine rings is 1. The lowest BCUT2D eigenvalue weighted by atomic mass is 9.92. The zero-order chi connectivity index (χ0) is 29.4. The van der Waals surface area contributed by atoms with E-state index in [-0.39, 0.29) is 0 Å². The van der Waals surface area contributed by atoms with Gasteiger partial charge in [-0.15, -0.1) is 10.2 Å². The molecule has 5 aromatic rings. The minimum atomic E-state index is -1.06. The van der Waals surface area contributed by atoms with Crippen LogP contribution >= 0.6 is 0 Å². The predicted molar refractivity (Wildman–Crippen MR) is 157 cm³/mol. The van der Waals surface area contributed by atoms with Crippen LogP contribution in [0.1, 0.15) is 18.4 Å². The van der Waals surface area contributed by atoms with E-state index in [2.05, 4.69) is 46.2 Å². The summed E-state index contributed by atoms with van der Waals surface area (Å²) in [4.78, 5) is 28.7. The molecule has 2 aliphatic heterocycles. The van der Waals surface area contributed by atoms with Crippen molar-refractivity contribution in [2.75, 3.05) is 30.3 Å². The number of rotatable bonds is 6. The molecule has 0 unspecified atom stereocenters. The van der Waals surface area contributed by atoms with Gasteiger partial charge in [0.15, 0.2) is 5.65 Å². The predicted octanol–water partition coefficient (Wildman–Crippen LogP) is 3.73. The first-order chi connectivity index (χ1) is 20.9. The molecule has 0 bridgehead atoms. The van der Waals surface area contributed by atoms with E-state index < -0.39 is 11.7 Å². The van der Waals surface area contributed by atoms with Gasteiger partial charge >= 0.3 is 6.09 Å². The van der Waals surface area contributed by atoms with Gasteiger partial charge in [-0.1, -0.05) is 0 Å². The van der Waals surface area contributed by atoms with Crippen LogP contribution in [-0.4, -0.2) is 77.0 Å². The number of hydrazine groups is 1. The highest BCUT2D eigenvalue weighted by atomic mass is 16.5. The molecule has 0 radical (unpaired) electrons. The summed E-state index contributed by atoms with van der Waals surface area (Å²) in [5, 5.41) is 26.0. The second-order valence-corrected chi connectivity index (χ2v) is 10.4. The number of anilines is 3. The number of amidine groups is 1. The molecule has 1 amide bonds. The van der Waals surface area contributed by atoms with E-state index in [9.17, 15) is 4.79 Å². The molecule has 43 heavy (non-hydrogen) atoms. The van der Waals surface area contributed by atoms with Crippen molar-refractivity contribution in [1.29, 1.82) is 0 Å². The van der Waals surface area contributed by atoms with Crippen LogP contribution in [-0.2, 0) is 4.74 Å². The van der Waals surface area contributed by atoms with Crippen LogP contribution in [0.15, 0.2) is 66.4 Å². The molecule has 15 nitrogen and oxygen atoms in total. The first-order valence-corrected chi connectivity index (χ1v) is 13.6. The van der Waals surface area contributed by atoms with Gasteiger partial charge in [-0.2, -0.15) is 0 Å². The average Bonchev–Trinajstić information content (AvgIpc) is 3.63. The average molecular weight is 582 g/mol. The van der Waals surface area contributed by atoms with Gasteiger partial charge in [0, 0.05) is 48.8 Å². The van der Waals surface area contributed by atoms with Crippen molar-refractivity contribution in [1.82, 2.24) is 40.0 Å². The minimum Gasteiger partial charge on any atom is -0.464 e. The van der Waals surface area contributed by atoms with E-state index in [0.717, 1.165) is 27.8 Å². The smallest absolute Gasteiger partial charge is 0.419 e. The Balaban J connectivity index is 1.04. The number of ether oxygens (including phenoxy) is 2. The molecule has 2 aromatic carbocycles. The van der Waals surface area contributed by atoms with Crippen LogP contribution in [0.3, 0.4) is 0 Å². The van der Waals surface area contributed by atoms with Crippen LogP contribution < -0.4 is 20.8 Å². The standard InChI is InChI=1S/C28H27N11O4/c1-17-10-18(3-5-22(17)42-24-12-23-36-33-16-38(23)15-32-24)34-25-20-11-19(2-4-21(20)30-14-31-25)35-26-29-13-28(43-26)6-8-39(9-7-28)37-27(40)41/h2-5,10-12,14-16,37H,6-9,13H2,1H3,(H,29,35)(H,40,41)(H,30,31,34). The number of aryl methyl sites for hydroxylation is 1. The third-order valence-corrected chi connectivity index (χ3v) is 7.45. The van der Waals surface area contributed by atoms with Crippen molar-refractivity contribution in [3.05, 3.63) is 67.0 Å². The molecular formula is C28H27N11O4. The summed E-state index contributed by atoms with van der Waals surface area (Å²) in [6, 6.07) is 13.7. The Morgan fingerprint density at radius 2 is 1.86 bits per heavy atom. The van der Waals surface area contributed by atoms with Gasteiger partial charge < -0.3 is 25.2 Å². The van der Waals surface area contributed by atoms with Crippen molar-refractivity contribution >= 4 is 45.9 Å². The van der Waals surface area contributed by atoms with E-state index in [1.807, 2.05) is 43.3 Å².